The van der Waals surface area contributed by atoms with E-state index in [-0.39, 0.29) is 23.9 Å². The minimum atomic E-state index is -0.620. The maximum Gasteiger partial charge on any atom is 0.338 e. The van der Waals surface area contributed by atoms with Gasteiger partial charge in [0, 0.05) is 11.3 Å². The second-order valence-electron chi connectivity index (χ2n) is 6.33. The largest absolute Gasteiger partial charge is 0.454 e. The third-order valence-electron chi connectivity index (χ3n) is 4.13. The van der Waals surface area contributed by atoms with E-state index in [0.29, 0.717) is 16.1 Å². The maximum absolute atomic E-state index is 12.4. The van der Waals surface area contributed by atoms with Crippen molar-refractivity contribution in [3.05, 3.63) is 87.1 Å². The maximum atomic E-state index is 12.4. The summed E-state index contributed by atoms with van der Waals surface area (Å²) >= 11 is 1.33. The van der Waals surface area contributed by atoms with Gasteiger partial charge in [-0.3, -0.25) is 9.59 Å². The van der Waals surface area contributed by atoms with Gasteiger partial charge in [0.15, 0.2) is 6.61 Å². The SMILES string of the molecule is Cc1ccc(C)c(C(=O)COC(=O)c2cccc(NC(=O)c3cccs3)c2)c1. The highest BCUT2D eigenvalue weighted by molar-refractivity contribution is 7.12. The van der Waals surface area contributed by atoms with Gasteiger partial charge < -0.3 is 10.1 Å². The summed E-state index contributed by atoms with van der Waals surface area (Å²) in [5.74, 6) is -1.12. The lowest BCUT2D eigenvalue weighted by Crippen LogP contribution is -2.16. The van der Waals surface area contributed by atoms with Crippen molar-refractivity contribution in [3.8, 4) is 0 Å². The zero-order chi connectivity index (χ0) is 20.1. The molecule has 0 fully saturated rings. The summed E-state index contributed by atoms with van der Waals surface area (Å²) in [6.07, 6.45) is 0. The minimum Gasteiger partial charge on any atom is -0.454 e. The van der Waals surface area contributed by atoms with Crippen LogP contribution in [0.25, 0.3) is 0 Å². The van der Waals surface area contributed by atoms with Crippen LogP contribution in [0, 0.1) is 13.8 Å². The van der Waals surface area contributed by atoms with Gasteiger partial charge in [-0.1, -0.05) is 29.8 Å². The van der Waals surface area contributed by atoms with Gasteiger partial charge in [-0.05, 0) is 55.1 Å². The molecule has 1 N–H and O–H groups in total. The zero-order valence-corrected chi connectivity index (χ0v) is 16.3. The van der Waals surface area contributed by atoms with Crippen LogP contribution in [0.4, 0.5) is 5.69 Å². The van der Waals surface area contributed by atoms with Crippen LogP contribution in [-0.2, 0) is 4.74 Å². The number of esters is 1. The van der Waals surface area contributed by atoms with Crippen LogP contribution in [0.5, 0.6) is 0 Å². The Balaban J connectivity index is 1.64. The Morgan fingerprint density at radius 1 is 1.00 bits per heavy atom. The standard InChI is InChI=1S/C22H19NO4S/c1-14-8-9-15(2)18(11-14)19(24)13-27-22(26)16-5-3-6-17(12-16)23-21(25)20-7-4-10-28-20/h3-12H,13H2,1-2H3,(H,23,25). The number of Topliss-reactive ketones (excluding diaryl/α,β-unsaturated/α-hetero) is 1. The van der Waals surface area contributed by atoms with Gasteiger partial charge in [-0.2, -0.15) is 0 Å². The Morgan fingerprint density at radius 2 is 1.82 bits per heavy atom. The Labute approximate surface area is 167 Å². The highest BCUT2D eigenvalue weighted by Crippen LogP contribution is 2.16. The van der Waals surface area contributed by atoms with E-state index in [9.17, 15) is 14.4 Å². The molecule has 0 aliphatic carbocycles. The minimum absolute atomic E-state index is 0.245. The van der Waals surface area contributed by atoms with Crippen molar-refractivity contribution < 1.29 is 19.1 Å². The molecule has 1 heterocycles. The molecule has 0 spiro atoms. The van der Waals surface area contributed by atoms with E-state index < -0.39 is 5.97 Å². The number of nitrogens with one attached hydrogen (secondary N) is 1. The summed E-state index contributed by atoms with van der Waals surface area (Å²) in [7, 11) is 0. The number of aryl methyl sites for hydroxylation is 2. The van der Waals surface area contributed by atoms with E-state index in [0.717, 1.165) is 11.1 Å². The number of ether oxygens (including phenoxy) is 1. The molecule has 3 aromatic rings. The predicted molar refractivity (Wildman–Crippen MR) is 109 cm³/mol. The molecule has 2 aromatic carbocycles. The molecule has 0 aliphatic heterocycles. The van der Waals surface area contributed by atoms with Crippen molar-refractivity contribution in [3.63, 3.8) is 0 Å². The molecular weight excluding hydrogens is 374 g/mol. The number of thiophene rings is 1. The average Bonchev–Trinajstić information content (AvgIpc) is 3.23. The predicted octanol–water partition coefficient (Wildman–Crippen LogP) is 4.66. The van der Waals surface area contributed by atoms with Crippen LogP contribution < -0.4 is 5.32 Å². The molecule has 0 unspecified atom stereocenters. The zero-order valence-electron chi connectivity index (χ0n) is 15.5. The lowest BCUT2D eigenvalue weighted by atomic mass is 10.0. The van der Waals surface area contributed by atoms with Gasteiger partial charge >= 0.3 is 5.97 Å². The Bertz CT molecular complexity index is 1020. The first-order chi connectivity index (χ1) is 13.4. The van der Waals surface area contributed by atoms with Crippen LogP contribution in [-0.4, -0.2) is 24.3 Å². The third kappa shape index (κ3) is 4.72. The fraction of sp³-hybridized carbons (Fsp3) is 0.136. The van der Waals surface area contributed by atoms with Crippen molar-refractivity contribution in [2.75, 3.05) is 11.9 Å². The van der Waals surface area contributed by atoms with E-state index >= 15 is 0 Å². The van der Waals surface area contributed by atoms with Gasteiger partial charge in [-0.25, -0.2) is 4.79 Å². The highest BCUT2D eigenvalue weighted by atomic mass is 32.1. The van der Waals surface area contributed by atoms with Crippen molar-refractivity contribution in [2.24, 2.45) is 0 Å². The molecule has 6 heteroatoms. The summed E-state index contributed by atoms with van der Waals surface area (Å²) in [4.78, 5) is 37.4. The second-order valence-corrected chi connectivity index (χ2v) is 7.28. The molecule has 0 bridgehead atoms. The lowest BCUT2D eigenvalue weighted by molar-refractivity contribution is 0.0474. The molecule has 0 radical (unpaired) electrons. The van der Waals surface area contributed by atoms with Gasteiger partial charge in [0.05, 0.1) is 10.4 Å². The number of carbonyl (C=O) groups is 3. The molecule has 0 aliphatic rings. The van der Waals surface area contributed by atoms with Crippen LogP contribution in [0.2, 0.25) is 0 Å². The molecule has 142 valence electrons. The summed E-state index contributed by atoms with van der Waals surface area (Å²) in [5.41, 5.74) is 3.09. The molecule has 1 amide bonds. The van der Waals surface area contributed by atoms with Gasteiger partial charge in [0.2, 0.25) is 5.78 Å². The van der Waals surface area contributed by atoms with Crippen LogP contribution >= 0.6 is 11.3 Å². The number of benzene rings is 2. The number of ketones is 1. The van der Waals surface area contributed by atoms with Crippen LogP contribution in [0.15, 0.2) is 60.0 Å². The molecule has 0 saturated carbocycles. The summed E-state index contributed by atoms with van der Waals surface area (Å²) < 4.78 is 5.17. The first-order valence-electron chi connectivity index (χ1n) is 8.66. The van der Waals surface area contributed by atoms with E-state index in [4.69, 9.17) is 4.74 Å². The number of amides is 1. The Morgan fingerprint density at radius 3 is 2.57 bits per heavy atom. The highest BCUT2D eigenvalue weighted by Gasteiger charge is 2.15. The van der Waals surface area contributed by atoms with Crippen molar-refractivity contribution >= 4 is 34.7 Å². The van der Waals surface area contributed by atoms with Crippen molar-refractivity contribution in [2.45, 2.75) is 13.8 Å². The number of hydrogen-bond donors (Lipinski definition) is 1. The smallest absolute Gasteiger partial charge is 0.338 e. The Kier molecular flexibility index (Phi) is 6.01. The number of carbonyl (C=O) groups excluding carboxylic acids is 3. The summed E-state index contributed by atoms with van der Waals surface area (Å²) in [5, 5.41) is 4.56. The van der Waals surface area contributed by atoms with E-state index in [1.807, 2.05) is 31.4 Å². The van der Waals surface area contributed by atoms with E-state index in [1.54, 1.807) is 36.4 Å². The molecule has 28 heavy (non-hydrogen) atoms. The first kappa shape index (κ1) is 19.5. The first-order valence-corrected chi connectivity index (χ1v) is 9.54. The fourth-order valence-corrected chi connectivity index (χ4v) is 3.27. The van der Waals surface area contributed by atoms with Crippen LogP contribution in [0.3, 0.4) is 0 Å². The topological polar surface area (TPSA) is 72.5 Å². The molecular formula is C22H19NO4S. The average molecular weight is 393 g/mol. The van der Waals surface area contributed by atoms with Crippen LogP contribution in [0.1, 0.15) is 41.5 Å². The monoisotopic (exact) mass is 393 g/mol. The van der Waals surface area contributed by atoms with Crippen molar-refractivity contribution in [1.29, 1.82) is 0 Å². The van der Waals surface area contributed by atoms with Crippen molar-refractivity contribution in [1.82, 2.24) is 0 Å². The lowest BCUT2D eigenvalue weighted by Gasteiger charge is -2.09. The molecule has 5 nitrogen and oxygen atoms in total. The fourth-order valence-electron chi connectivity index (χ4n) is 2.65. The van der Waals surface area contributed by atoms with Gasteiger partial charge in [0.25, 0.3) is 5.91 Å². The number of hydrogen-bond acceptors (Lipinski definition) is 5. The van der Waals surface area contributed by atoms with Gasteiger partial charge in [-0.15, -0.1) is 11.3 Å². The summed E-state index contributed by atoms with van der Waals surface area (Å²) in [6.45, 7) is 3.40. The molecule has 1 aromatic heterocycles. The normalized spacial score (nSPS) is 10.4. The summed E-state index contributed by atoms with van der Waals surface area (Å²) in [6, 6.07) is 15.5. The number of rotatable bonds is 6. The Hall–Kier alpha value is -3.25. The van der Waals surface area contributed by atoms with E-state index in [1.165, 1.54) is 17.4 Å². The molecule has 0 saturated heterocycles. The number of anilines is 1. The third-order valence-corrected chi connectivity index (χ3v) is 5.00. The molecule has 3 rings (SSSR count). The quantitative estimate of drug-likeness (QED) is 0.488. The van der Waals surface area contributed by atoms with E-state index in [2.05, 4.69) is 5.32 Å². The van der Waals surface area contributed by atoms with Gasteiger partial charge in [0.1, 0.15) is 0 Å². The second kappa shape index (κ2) is 8.63. The molecule has 0 atom stereocenters.